The first-order chi connectivity index (χ1) is 12.8. The van der Waals surface area contributed by atoms with Crippen molar-refractivity contribution < 1.29 is 29.0 Å². The first-order valence-electron chi connectivity index (χ1n) is 8.76. The Balaban J connectivity index is 2.63. The van der Waals surface area contributed by atoms with Gasteiger partial charge in [0.25, 0.3) is 6.29 Å². The standard InChI is InChI=1S/C19H27NO6S/c1-5-16(21)25-18(12(2)3)26-19(24)20-11-14(17(22)23)9-13-7-6-8-15(10-13)27-4/h6-8,10,12,14,18H,5,9,11H2,1-4H3,(H,20,24)(H,22,23)/t14-,18-/m0/s1. The van der Waals surface area contributed by atoms with E-state index in [1.54, 1.807) is 32.5 Å². The Labute approximate surface area is 163 Å². The predicted octanol–water partition coefficient (Wildman–Crippen LogP) is 3.31. The lowest BCUT2D eigenvalue weighted by Crippen LogP contribution is -2.38. The van der Waals surface area contributed by atoms with Crippen molar-refractivity contribution in [1.82, 2.24) is 5.32 Å². The molecule has 2 N–H and O–H groups in total. The molecule has 0 saturated heterocycles. The van der Waals surface area contributed by atoms with Crippen LogP contribution in [0.4, 0.5) is 4.79 Å². The molecule has 1 aromatic rings. The van der Waals surface area contributed by atoms with Gasteiger partial charge in [-0.1, -0.05) is 32.9 Å². The number of alkyl carbamates (subject to hydrolysis) is 1. The third kappa shape index (κ3) is 8.34. The van der Waals surface area contributed by atoms with Gasteiger partial charge < -0.3 is 19.9 Å². The van der Waals surface area contributed by atoms with Crippen molar-refractivity contribution in [3.05, 3.63) is 29.8 Å². The molecule has 0 aromatic heterocycles. The molecule has 0 bridgehead atoms. The Hall–Kier alpha value is -2.22. The van der Waals surface area contributed by atoms with Gasteiger partial charge in [0.1, 0.15) is 0 Å². The molecule has 1 amide bonds. The van der Waals surface area contributed by atoms with E-state index in [2.05, 4.69) is 5.32 Å². The van der Waals surface area contributed by atoms with Crippen molar-refractivity contribution >= 4 is 29.8 Å². The molecule has 0 unspecified atom stereocenters. The summed E-state index contributed by atoms with van der Waals surface area (Å²) in [5.74, 6) is -2.51. The molecule has 0 aliphatic rings. The summed E-state index contributed by atoms with van der Waals surface area (Å²) < 4.78 is 10.2. The second-order valence-corrected chi connectivity index (χ2v) is 7.21. The lowest BCUT2D eigenvalue weighted by molar-refractivity contribution is -0.174. The largest absolute Gasteiger partial charge is 0.481 e. The highest BCUT2D eigenvalue weighted by atomic mass is 32.2. The van der Waals surface area contributed by atoms with Crippen LogP contribution in [0.25, 0.3) is 0 Å². The summed E-state index contributed by atoms with van der Waals surface area (Å²) in [6, 6.07) is 7.60. The van der Waals surface area contributed by atoms with Gasteiger partial charge in [0, 0.05) is 23.8 Å². The van der Waals surface area contributed by atoms with E-state index >= 15 is 0 Å². The SMILES string of the molecule is CCC(=O)O[C@@H](OC(=O)NC[C@H](Cc1cccc(SC)c1)C(=O)O)C(C)C. The van der Waals surface area contributed by atoms with E-state index in [9.17, 15) is 19.5 Å². The van der Waals surface area contributed by atoms with Gasteiger partial charge in [0.15, 0.2) is 0 Å². The maximum Gasteiger partial charge on any atom is 0.410 e. The Morgan fingerprint density at radius 2 is 1.93 bits per heavy atom. The fraction of sp³-hybridized carbons (Fsp3) is 0.526. The fourth-order valence-electron chi connectivity index (χ4n) is 2.19. The molecular formula is C19H27NO6S. The zero-order valence-corrected chi connectivity index (χ0v) is 16.9. The lowest BCUT2D eigenvalue weighted by Gasteiger charge is -2.22. The average Bonchev–Trinajstić information content (AvgIpc) is 2.64. The van der Waals surface area contributed by atoms with E-state index in [4.69, 9.17) is 9.47 Å². The summed E-state index contributed by atoms with van der Waals surface area (Å²) in [6.45, 7) is 5.05. The molecule has 0 aliphatic carbocycles. The molecule has 27 heavy (non-hydrogen) atoms. The van der Waals surface area contributed by atoms with Gasteiger partial charge in [-0.15, -0.1) is 11.8 Å². The molecule has 0 heterocycles. The number of aliphatic carboxylic acids is 1. The number of esters is 1. The molecule has 0 saturated carbocycles. The molecule has 8 heteroatoms. The number of nitrogens with one attached hydrogen (secondary N) is 1. The highest BCUT2D eigenvalue weighted by molar-refractivity contribution is 7.98. The number of rotatable bonds is 10. The quantitative estimate of drug-likeness (QED) is 0.355. The van der Waals surface area contributed by atoms with Crippen molar-refractivity contribution in [2.24, 2.45) is 11.8 Å². The molecule has 0 aliphatic heterocycles. The summed E-state index contributed by atoms with van der Waals surface area (Å²) in [5.41, 5.74) is 0.876. The number of thioether (sulfide) groups is 1. The molecule has 1 rings (SSSR count). The normalized spacial score (nSPS) is 12.9. The van der Waals surface area contributed by atoms with Gasteiger partial charge in [-0.25, -0.2) is 4.79 Å². The van der Waals surface area contributed by atoms with Gasteiger partial charge in [0.05, 0.1) is 5.92 Å². The number of carbonyl (C=O) groups is 3. The molecule has 0 radical (unpaired) electrons. The Morgan fingerprint density at radius 1 is 1.22 bits per heavy atom. The van der Waals surface area contributed by atoms with Crippen LogP contribution in [0.5, 0.6) is 0 Å². The minimum absolute atomic E-state index is 0.0931. The summed E-state index contributed by atoms with van der Waals surface area (Å²) in [7, 11) is 0. The van der Waals surface area contributed by atoms with E-state index in [0.717, 1.165) is 10.5 Å². The Kier molecular flexibility index (Phi) is 9.71. The van der Waals surface area contributed by atoms with Crippen LogP contribution >= 0.6 is 11.8 Å². The maximum atomic E-state index is 12.0. The first-order valence-corrected chi connectivity index (χ1v) is 9.99. The minimum Gasteiger partial charge on any atom is -0.481 e. The zero-order valence-electron chi connectivity index (χ0n) is 16.1. The van der Waals surface area contributed by atoms with Gasteiger partial charge in [0.2, 0.25) is 0 Å². The number of hydrogen-bond acceptors (Lipinski definition) is 6. The van der Waals surface area contributed by atoms with Crippen molar-refractivity contribution in [2.75, 3.05) is 12.8 Å². The molecule has 7 nitrogen and oxygen atoms in total. The number of carbonyl (C=O) groups excluding carboxylic acids is 2. The summed E-state index contributed by atoms with van der Waals surface area (Å²) in [6.07, 6.45) is 0.565. The van der Waals surface area contributed by atoms with Gasteiger partial charge in [-0.2, -0.15) is 0 Å². The summed E-state index contributed by atoms with van der Waals surface area (Å²) >= 11 is 1.57. The molecule has 2 atom stereocenters. The lowest BCUT2D eigenvalue weighted by atomic mass is 9.99. The van der Waals surface area contributed by atoms with Crippen molar-refractivity contribution in [1.29, 1.82) is 0 Å². The topological polar surface area (TPSA) is 102 Å². The third-order valence-corrected chi connectivity index (χ3v) is 4.49. The molecular weight excluding hydrogens is 370 g/mol. The average molecular weight is 397 g/mol. The van der Waals surface area contributed by atoms with E-state index < -0.39 is 30.2 Å². The Bertz CT molecular complexity index is 649. The number of hydrogen-bond donors (Lipinski definition) is 2. The molecule has 1 aromatic carbocycles. The number of amides is 1. The third-order valence-electron chi connectivity index (χ3n) is 3.76. The van der Waals surface area contributed by atoms with Crippen LogP contribution in [-0.4, -0.2) is 42.2 Å². The molecule has 0 spiro atoms. The smallest absolute Gasteiger partial charge is 0.410 e. The Morgan fingerprint density at radius 3 is 2.48 bits per heavy atom. The molecule has 150 valence electrons. The van der Waals surface area contributed by atoms with Gasteiger partial charge in [-0.3, -0.25) is 9.59 Å². The van der Waals surface area contributed by atoms with Crippen LogP contribution in [0.2, 0.25) is 0 Å². The van der Waals surface area contributed by atoms with Crippen LogP contribution in [0.3, 0.4) is 0 Å². The van der Waals surface area contributed by atoms with E-state index in [0.29, 0.717) is 0 Å². The zero-order chi connectivity index (χ0) is 20.4. The summed E-state index contributed by atoms with van der Waals surface area (Å²) in [5, 5.41) is 11.9. The fourth-order valence-corrected chi connectivity index (χ4v) is 2.68. The molecule has 0 fully saturated rings. The van der Waals surface area contributed by atoms with Crippen LogP contribution in [-0.2, 0) is 25.5 Å². The van der Waals surface area contributed by atoms with E-state index in [-0.39, 0.29) is 25.3 Å². The van der Waals surface area contributed by atoms with Crippen LogP contribution in [0.1, 0.15) is 32.8 Å². The van der Waals surface area contributed by atoms with E-state index in [1.807, 2.05) is 30.5 Å². The van der Waals surface area contributed by atoms with Crippen molar-refractivity contribution in [3.63, 3.8) is 0 Å². The predicted molar refractivity (Wildman–Crippen MR) is 103 cm³/mol. The van der Waals surface area contributed by atoms with E-state index in [1.165, 1.54) is 0 Å². The van der Waals surface area contributed by atoms with Crippen molar-refractivity contribution in [3.8, 4) is 0 Å². The second kappa shape index (κ2) is 11.5. The maximum absolute atomic E-state index is 12.0. The summed E-state index contributed by atoms with van der Waals surface area (Å²) in [4.78, 5) is 36.0. The van der Waals surface area contributed by atoms with Crippen molar-refractivity contribution in [2.45, 2.75) is 44.8 Å². The van der Waals surface area contributed by atoms with Crippen LogP contribution < -0.4 is 5.32 Å². The number of carboxylic acids is 1. The van der Waals surface area contributed by atoms with Crippen LogP contribution in [0, 0.1) is 11.8 Å². The van der Waals surface area contributed by atoms with Gasteiger partial charge in [-0.05, 0) is 30.4 Å². The highest BCUT2D eigenvalue weighted by Crippen LogP contribution is 2.18. The number of carboxylic acid groups (broad SMARTS) is 1. The van der Waals surface area contributed by atoms with Crippen LogP contribution in [0.15, 0.2) is 29.2 Å². The first kappa shape index (κ1) is 22.8. The monoisotopic (exact) mass is 397 g/mol. The minimum atomic E-state index is -1.01. The number of ether oxygens (including phenoxy) is 2. The second-order valence-electron chi connectivity index (χ2n) is 6.33. The van der Waals surface area contributed by atoms with Gasteiger partial charge >= 0.3 is 18.0 Å². The highest BCUT2D eigenvalue weighted by Gasteiger charge is 2.24. The number of benzene rings is 1.